The monoisotopic (exact) mass is 304 g/mol. The molecule has 1 rings (SSSR count). The highest BCUT2D eigenvalue weighted by Gasteiger charge is 2.23. The predicted octanol–water partition coefficient (Wildman–Crippen LogP) is 5.11. The fourth-order valence-corrected chi connectivity index (χ4v) is 2.45. The molecular weight excluding hydrogens is 272 g/mol. The Kier molecular flexibility index (Phi) is 9.10. The zero-order chi connectivity index (χ0) is 16.4. The average Bonchev–Trinajstić information content (AvgIpc) is 2.42. The summed E-state index contributed by atoms with van der Waals surface area (Å²) in [6, 6.07) is 0. The van der Waals surface area contributed by atoms with Gasteiger partial charge in [-0.05, 0) is 65.4 Å². The van der Waals surface area contributed by atoms with Crippen LogP contribution in [0.3, 0.4) is 0 Å². The third kappa shape index (κ3) is 7.77. The van der Waals surface area contributed by atoms with Gasteiger partial charge in [-0.1, -0.05) is 41.0 Å². The Morgan fingerprint density at radius 2 is 1.73 bits per heavy atom. The Bertz CT molecular complexity index is 448. The molecule has 0 amide bonds. The molecule has 0 saturated carbocycles. The van der Waals surface area contributed by atoms with Crippen molar-refractivity contribution in [2.45, 2.75) is 65.9 Å². The summed E-state index contributed by atoms with van der Waals surface area (Å²) in [4.78, 5) is 0. The average molecular weight is 304 g/mol. The van der Waals surface area contributed by atoms with E-state index in [2.05, 4.69) is 45.9 Å². The number of rotatable bonds is 9. The van der Waals surface area contributed by atoms with Crippen molar-refractivity contribution in [3.8, 4) is 0 Å². The van der Waals surface area contributed by atoms with Crippen LogP contribution in [-0.4, -0.2) is 24.4 Å². The zero-order valence-corrected chi connectivity index (χ0v) is 14.7. The number of hydrogen-bond donors (Lipinski definition) is 1. The van der Waals surface area contributed by atoms with Gasteiger partial charge in [-0.25, -0.2) is 0 Å². The smallest absolute Gasteiger partial charge is 0.0846 e. The van der Waals surface area contributed by atoms with E-state index >= 15 is 0 Å². The van der Waals surface area contributed by atoms with E-state index in [0.29, 0.717) is 6.10 Å². The van der Waals surface area contributed by atoms with Crippen LogP contribution in [0.2, 0.25) is 0 Å². The molecule has 2 heteroatoms. The molecule has 1 fully saturated rings. The predicted molar refractivity (Wildman–Crippen MR) is 94.9 cm³/mol. The number of aliphatic hydroxyl groups excluding tert-OH is 1. The van der Waals surface area contributed by atoms with Crippen molar-refractivity contribution in [3.63, 3.8) is 0 Å². The van der Waals surface area contributed by atoms with Crippen molar-refractivity contribution in [1.82, 2.24) is 0 Å². The summed E-state index contributed by atoms with van der Waals surface area (Å²) < 4.78 is 5.66. The Balaban J connectivity index is 2.31. The van der Waals surface area contributed by atoms with Gasteiger partial charge in [0, 0.05) is 0 Å². The molecule has 0 radical (unpaired) electrons. The van der Waals surface area contributed by atoms with Gasteiger partial charge in [-0.3, -0.25) is 0 Å². The Labute approximate surface area is 136 Å². The minimum atomic E-state index is 0.144. The van der Waals surface area contributed by atoms with Gasteiger partial charge in [0.1, 0.15) is 0 Å². The van der Waals surface area contributed by atoms with Crippen molar-refractivity contribution in [2.75, 3.05) is 13.2 Å². The van der Waals surface area contributed by atoms with E-state index in [1.54, 1.807) is 0 Å². The van der Waals surface area contributed by atoms with Crippen molar-refractivity contribution in [2.24, 2.45) is 0 Å². The van der Waals surface area contributed by atoms with Crippen LogP contribution in [0.5, 0.6) is 0 Å². The molecule has 0 bridgehead atoms. The van der Waals surface area contributed by atoms with Gasteiger partial charge in [0.2, 0.25) is 0 Å². The molecule has 1 aliphatic heterocycles. The second kappa shape index (κ2) is 10.6. The lowest BCUT2D eigenvalue weighted by atomic mass is 9.98. The highest BCUT2D eigenvalue weighted by molar-refractivity contribution is 5.19. The lowest BCUT2D eigenvalue weighted by molar-refractivity contribution is 0.0178. The normalized spacial score (nSPS) is 21.0. The van der Waals surface area contributed by atoms with Crippen molar-refractivity contribution in [3.05, 3.63) is 46.6 Å². The maximum Gasteiger partial charge on any atom is 0.0846 e. The summed E-state index contributed by atoms with van der Waals surface area (Å²) in [6.07, 6.45) is 14.4. The molecule has 2 nitrogen and oxygen atoms in total. The first-order chi connectivity index (χ1) is 10.5. The quantitative estimate of drug-likeness (QED) is 0.600. The first kappa shape index (κ1) is 18.9. The molecule has 0 aromatic rings. The maximum atomic E-state index is 8.84. The fourth-order valence-electron chi connectivity index (χ4n) is 2.45. The molecule has 1 N–H and O–H groups in total. The van der Waals surface area contributed by atoms with Gasteiger partial charge in [0.15, 0.2) is 0 Å². The molecule has 0 aromatic heterocycles. The highest BCUT2D eigenvalue weighted by Crippen LogP contribution is 2.25. The van der Waals surface area contributed by atoms with Gasteiger partial charge in [0.05, 0.1) is 19.3 Å². The Morgan fingerprint density at radius 1 is 1.05 bits per heavy atom. The minimum absolute atomic E-state index is 0.144. The molecular formula is C20H32O2. The van der Waals surface area contributed by atoms with Gasteiger partial charge >= 0.3 is 0 Å². The van der Waals surface area contributed by atoms with Crippen LogP contribution in [0, 0.1) is 0 Å². The van der Waals surface area contributed by atoms with E-state index in [0.717, 1.165) is 38.7 Å². The molecule has 22 heavy (non-hydrogen) atoms. The molecule has 1 atom stereocenters. The first-order valence-electron chi connectivity index (χ1n) is 8.39. The Hall–Kier alpha value is -1.12. The standard InChI is InChI=1S/C20H32O2/c1-16(2)7-5-8-17(3)11-12-20-19(15-22-20)10-6-9-18(4)13-14-21/h7,10-11,13,20-21H,5-6,8-9,12,14-15H2,1-4H3/b17-11+,18-13+,19-10?. The summed E-state index contributed by atoms with van der Waals surface area (Å²) in [5.41, 5.74) is 5.54. The summed E-state index contributed by atoms with van der Waals surface area (Å²) >= 11 is 0. The molecule has 0 aromatic carbocycles. The molecule has 124 valence electrons. The maximum absolute atomic E-state index is 8.84. The third-order valence-corrected chi connectivity index (χ3v) is 4.02. The van der Waals surface area contributed by atoms with Crippen molar-refractivity contribution < 1.29 is 9.84 Å². The summed E-state index contributed by atoms with van der Waals surface area (Å²) in [7, 11) is 0. The molecule has 0 spiro atoms. The van der Waals surface area contributed by atoms with Crippen LogP contribution in [-0.2, 0) is 4.74 Å². The van der Waals surface area contributed by atoms with Gasteiger partial charge < -0.3 is 9.84 Å². The largest absolute Gasteiger partial charge is 0.392 e. The third-order valence-electron chi connectivity index (χ3n) is 4.02. The van der Waals surface area contributed by atoms with E-state index in [1.807, 2.05) is 6.08 Å². The van der Waals surface area contributed by atoms with Gasteiger partial charge in [-0.2, -0.15) is 0 Å². The van der Waals surface area contributed by atoms with E-state index in [4.69, 9.17) is 9.84 Å². The number of ether oxygens (including phenoxy) is 1. The first-order valence-corrected chi connectivity index (χ1v) is 8.39. The fraction of sp³-hybridized carbons (Fsp3) is 0.600. The molecule has 0 aliphatic carbocycles. The summed E-state index contributed by atoms with van der Waals surface area (Å²) in [5.74, 6) is 0. The van der Waals surface area contributed by atoms with E-state index in [1.165, 1.54) is 22.3 Å². The topological polar surface area (TPSA) is 29.5 Å². The van der Waals surface area contributed by atoms with Gasteiger partial charge in [0.25, 0.3) is 0 Å². The summed E-state index contributed by atoms with van der Waals surface area (Å²) in [6.45, 7) is 9.51. The van der Waals surface area contributed by atoms with Crippen LogP contribution in [0.1, 0.15) is 59.8 Å². The van der Waals surface area contributed by atoms with Crippen LogP contribution in [0.25, 0.3) is 0 Å². The SMILES string of the molecule is CC(C)=CCC/C(C)=C/CC1OCC1=CCC/C(C)=C/CO. The zero-order valence-electron chi connectivity index (χ0n) is 14.7. The van der Waals surface area contributed by atoms with Gasteiger partial charge in [-0.15, -0.1) is 0 Å². The van der Waals surface area contributed by atoms with Crippen LogP contribution >= 0.6 is 0 Å². The Morgan fingerprint density at radius 3 is 2.32 bits per heavy atom. The highest BCUT2D eigenvalue weighted by atomic mass is 16.5. The number of hydrogen-bond acceptors (Lipinski definition) is 2. The molecule has 1 saturated heterocycles. The summed E-state index contributed by atoms with van der Waals surface area (Å²) in [5, 5.41) is 8.84. The lowest BCUT2D eigenvalue weighted by Gasteiger charge is -2.30. The lowest BCUT2D eigenvalue weighted by Crippen LogP contribution is -2.30. The van der Waals surface area contributed by atoms with Crippen molar-refractivity contribution >= 4 is 0 Å². The number of aliphatic hydroxyl groups is 1. The molecule has 1 unspecified atom stereocenters. The van der Waals surface area contributed by atoms with Crippen LogP contribution in [0.15, 0.2) is 46.6 Å². The van der Waals surface area contributed by atoms with Crippen LogP contribution in [0.4, 0.5) is 0 Å². The molecule has 1 heterocycles. The second-order valence-corrected chi connectivity index (χ2v) is 6.46. The minimum Gasteiger partial charge on any atom is -0.392 e. The van der Waals surface area contributed by atoms with E-state index in [9.17, 15) is 0 Å². The van der Waals surface area contributed by atoms with Crippen LogP contribution < -0.4 is 0 Å². The van der Waals surface area contributed by atoms with E-state index in [-0.39, 0.29) is 6.61 Å². The second-order valence-electron chi connectivity index (χ2n) is 6.46. The van der Waals surface area contributed by atoms with E-state index < -0.39 is 0 Å². The number of allylic oxidation sites excluding steroid dienone is 5. The van der Waals surface area contributed by atoms with Crippen molar-refractivity contribution in [1.29, 1.82) is 0 Å². The molecule has 1 aliphatic rings.